The van der Waals surface area contributed by atoms with Gasteiger partial charge in [0.05, 0.1) is 0 Å². The Bertz CT molecular complexity index is 651. The maximum Gasteiger partial charge on any atom is 0.210 e. The standard InChI is InChI=1S/C22H27OP/c1-2-3-4-5-6-7-8-15-20-24(23,21-16-11-9-12-17-21)22-18-13-10-14-19-22/h9-14,16-19H,2-8H2,1H3. The summed E-state index contributed by atoms with van der Waals surface area (Å²) in [5.74, 6) is 3.20. The molecule has 0 radical (unpaired) electrons. The maximum absolute atomic E-state index is 13.6. The molecule has 0 aromatic heterocycles. The summed E-state index contributed by atoms with van der Waals surface area (Å²) in [6.07, 6.45) is 8.34. The Kier molecular flexibility index (Phi) is 7.87. The fourth-order valence-electron chi connectivity index (χ4n) is 2.71. The largest absolute Gasteiger partial charge is 0.300 e. The Morgan fingerprint density at radius 3 is 1.79 bits per heavy atom. The van der Waals surface area contributed by atoms with E-state index in [9.17, 15) is 4.57 Å². The van der Waals surface area contributed by atoms with Crippen LogP contribution < -0.4 is 10.6 Å². The van der Waals surface area contributed by atoms with Gasteiger partial charge in [0.2, 0.25) is 7.14 Å². The molecule has 0 N–H and O–H groups in total. The number of benzene rings is 2. The molecular weight excluding hydrogens is 311 g/mol. The molecule has 0 amide bonds. The van der Waals surface area contributed by atoms with Crippen LogP contribution in [0.4, 0.5) is 0 Å². The highest BCUT2D eigenvalue weighted by Crippen LogP contribution is 2.41. The predicted octanol–water partition coefficient (Wildman–Crippen LogP) is 5.71. The van der Waals surface area contributed by atoms with Gasteiger partial charge < -0.3 is 0 Å². The van der Waals surface area contributed by atoms with E-state index in [0.717, 1.165) is 23.5 Å². The molecule has 2 rings (SSSR count). The molecule has 0 fully saturated rings. The maximum atomic E-state index is 13.6. The van der Waals surface area contributed by atoms with E-state index >= 15 is 0 Å². The van der Waals surface area contributed by atoms with Crippen LogP contribution in [0.5, 0.6) is 0 Å². The lowest BCUT2D eigenvalue weighted by Gasteiger charge is -2.12. The molecular formula is C22H27OP. The zero-order valence-electron chi connectivity index (χ0n) is 14.6. The molecule has 24 heavy (non-hydrogen) atoms. The summed E-state index contributed by atoms with van der Waals surface area (Å²) in [4.78, 5) is 0. The number of rotatable bonds is 8. The minimum atomic E-state index is -2.85. The zero-order valence-corrected chi connectivity index (χ0v) is 15.5. The molecule has 2 aromatic rings. The Hall–Kier alpha value is -1.77. The molecule has 0 saturated carbocycles. The van der Waals surface area contributed by atoms with Crippen molar-refractivity contribution in [3.05, 3.63) is 60.7 Å². The number of unbranched alkanes of at least 4 members (excludes halogenated alkanes) is 6. The summed E-state index contributed by atoms with van der Waals surface area (Å²) in [6, 6.07) is 19.3. The van der Waals surface area contributed by atoms with E-state index in [1.165, 1.54) is 32.1 Å². The average Bonchev–Trinajstić information content (AvgIpc) is 2.65. The molecule has 0 unspecified atom stereocenters. The van der Waals surface area contributed by atoms with Crippen LogP contribution in [0.3, 0.4) is 0 Å². The molecule has 0 heterocycles. The first-order valence-corrected chi connectivity index (χ1v) is 10.7. The highest BCUT2D eigenvalue weighted by molar-refractivity contribution is 7.83. The van der Waals surface area contributed by atoms with E-state index < -0.39 is 7.14 Å². The molecule has 2 heteroatoms. The molecule has 0 atom stereocenters. The van der Waals surface area contributed by atoms with Crippen molar-refractivity contribution in [1.82, 2.24) is 0 Å². The average molecular weight is 338 g/mol. The van der Waals surface area contributed by atoms with Crippen molar-refractivity contribution in [2.45, 2.75) is 51.9 Å². The Morgan fingerprint density at radius 2 is 1.25 bits per heavy atom. The first-order valence-electron chi connectivity index (χ1n) is 8.99. The Morgan fingerprint density at radius 1 is 0.750 bits per heavy atom. The quantitative estimate of drug-likeness (QED) is 0.342. The molecule has 0 aliphatic heterocycles. The third-order valence-corrected chi connectivity index (χ3v) is 6.66. The van der Waals surface area contributed by atoms with E-state index in [1.54, 1.807) is 0 Å². The molecule has 1 nitrogen and oxygen atoms in total. The van der Waals surface area contributed by atoms with Gasteiger partial charge in [0, 0.05) is 17.0 Å². The number of hydrogen-bond acceptors (Lipinski definition) is 1. The summed E-state index contributed by atoms with van der Waals surface area (Å²) in [5, 5.41) is 1.65. The van der Waals surface area contributed by atoms with Crippen molar-refractivity contribution in [2.75, 3.05) is 0 Å². The monoisotopic (exact) mass is 338 g/mol. The van der Waals surface area contributed by atoms with Gasteiger partial charge in [0.25, 0.3) is 0 Å². The SMILES string of the molecule is CCCCCCCCC#CP(=O)(c1ccccc1)c1ccccc1. The van der Waals surface area contributed by atoms with Crippen LogP contribution >= 0.6 is 7.14 Å². The van der Waals surface area contributed by atoms with Gasteiger partial charge in [-0.05, 0) is 12.1 Å². The third kappa shape index (κ3) is 5.40. The molecule has 0 aliphatic rings. The van der Waals surface area contributed by atoms with Crippen molar-refractivity contribution in [3.8, 4) is 11.6 Å². The van der Waals surface area contributed by atoms with Crippen molar-refractivity contribution < 1.29 is 4.57 Å². The summed E-state index contributed by atoms with van der Waals surface area (Å²) in [5.41, 5.74) is 3.14. The molecule has 2 aromatic carbocycles. The van der Waals surface area contributed by atoms with E-state index in [2.05, 4.69) is 18.5 Å². The second kappa shape index (κ2) is 10.2. The zero-order chi connectivity index (χ0) is 17.1. The van der Waals surface area contributed by atoms with Crippen molar-refractivity contribution in [2.24, 2.45) is 0 Å². The molecule has 0 spiro atoms. The summed E-state index contributed by atoms with van der Waals surface area (Å²) in [7, 11) is -2.85. The van der Waals surface area contributed by atoms with E-state index in [0.29, 0.717) is 0 Å². The van der Waals surface area contributed by atoms with Gasteiger partial charge in [-0.1, -0.05) is 106 Å². The van der Waals surface area contributed by atoms with E-state index in [4.69, 9.17) is 0 Å². The predicted molar refractivity (Wildman–Crippen MR) is 106 cm³/mol. The smallest absolute Gasteiger partial charge is 0.210 e. The molecule has 0 aliphatic carbocycles. The fraction of sp³-hybridized carbons (Fsp3) is 0.364. The van der Waals surface area contributed by atoms with Crippen LogP contribution in [0.25, 0.3) is 0 Å². The van der Waals surface area contributed by atoms with Crippen LogP contribution in [0.1, 0.15) is 51.9 Å². The highest BCUT2D eigenvalue weighted by Gasteiger charge is 2.24. The first-order chi connectivity index (χ1) is 11.8. The summed E-state index contributed by atoms with van der Waals surface area (Å²) >= 11 is 0. The lowest BCUT2D eigenvalue weighted by atomic mass is 10.1. The fourth-order valence-corrected chi connectivity index (χ4v) is 4.79. The Labute approximate surface area is 146 Å². The number of hydrogen-bond donors (Lipinski definition) is 0. The van der Waals surface area contributed by atoms with Gasteiger partial charge >= 0.3 is 0 Å². The van der Waals surface area contributed by atoms with Crippen LogP contribution in [0.15, 0.2) is 60.7 Å². The van der Waals surface area contributed by atoms with E-state index in [1.807, 2.05) is 60.7 Å². The second-order valence-corrected chi connectivity index (χ2v) is 8.56. The Balaban J connectivity index is 2.07. The van der Waals surface area contributed by atoms with Gasteiger partial charge in [-0.2, -0.15) is 0 Å². The normalized spacial score (nSPS) is 10.9. The van der Waals surface area contributed by atoms with Gasteiger partial charge in [-0.3, -0.25) is 4.57 Å². The van der Waals surface area contributed by atoms with Gasteiger partial charge in [-0.15, -0.1) is 0 Å². The van der Waals surface area contributed by atoms with Gasteiger partial charge in [0.15, 0.2) is 0 Å². The van der Waals surface area contributed by atoms with Crippen molar-refractivity contribution in [3.63, 3.8) is 0 Å². The third-order valence-electron chi connectivity index (χ3n) is 4.13. The van der Waals surface area contributed by atoms with Crippen molar-refractivity contribution >= 4 is 17.8 Å². The minimum Gasteiger partial charge on any atom is -0.300 e. The van der Waals surface area contributed by atoms with Crippen LogP contribution in [0.2, 0.25) is 0 Å². The molecule has 0 saturated heterocycles. The topological polar surface area (TPSA) is 17.1 Å². The van der Waals surface area contributed by atoms with Gasteiger partial charge in [-0.25, -0.2) is 0 Å². The lowest BCUT2D eigenvalue weighted by Crippen LogP contribution is -2.14. The summed E-state index contributed by atoms with van der Waals surface area (Å²) < 4.78 is 13.6. The van der Waals surface area contributed by atoms with Crippen molar-refractivity contribution in [1.29, 1.82) is 0 Å². The summed E-state index contributed by atoms with van der Waals surface area (Å²) in [6.45, 7) is 2.23. The van der Waals surface area contributed by atoms with Crippen LogP contribution in [0, 0.1) is 11.6 Å². The van der Waals surface area contributed by atoms with Crippen LogP contribution in [-0.4, -0.2) is 0 Å². The lowest BCUT2D eigenvalue weighted by molar-refractivity contribution is 0.593. The second-order valence-electron chi connectivity index (χ2n) is 6.09. The first kappa shape index (κ1) is 18.6. The van der Waals surface area contributed by atoms with Gasteiger partial charge in [0.1, 0.15) is 0 Å². The van der Waals surface area contributed by atoms with E-state index in [-0.39, 0.29) is 0 Å². The molecule has 0 bridgehead atoms. The molecule has 126 valence electrons. The minimum absolute atomic E-state index is 0.826. The highest BCUT2D eigenvalue weighted by atomic mass is 31.2. The van der Waals surface area contributed by atoms with Crippen LogP contribution in [-0.2, 0) is 4.57 Å².